The van der Waals surface area contributed by atoms with E-state index in [-0.39, 0.29) is 23.4 Å². The minimum Gasteiger partial charge on any atom is -0.346 e. The lowest BCUT2D eigenvalue weighted by molar-refractivity contribution is 0.0921. The van der Waals surface area contributed by atoms with Gasteiger partial charge in [-0.3, -0.25) is 14.4 Å². The van der Waals surface area contributed by atoms with Crippen LogP contribution in [0.25, 0.3) is 0 Å². The Morgan fingerprint density at radius 1 is 0.839 bits per heavy atom. The minimum absolute atomic E-state index is 0.189. The predicted molar refractivity (Wildman–Crippen MR) is 121 cm³/mol. The van der Waals surface area contributed by atoms with E-state index in [2.05, 4.69) is 5.32 Å². The Morgan fingerprint density at radius 2 is 1.55 bits per heavy atom. The van der Waals surface area contributed by atoms with Crippen molar-refractivity contribution >= 4 is 23.4 Å². The van der Waals surface area contributed by atoms with Crippen molar-refractivity contribution in [1.82, 2.24) is 5.32 Å². The first-order valence-corrected chi connectivity index (χ1v) is 10.2. The average molecular weight is 412 g/mol. The molecule has 5 nitrogen and oxygen atoms in total. The molecule has 5 heteroatoms. The molecule has 1 unspecified atom stereocenters. The van der Waals surface area contributed by atoms with Gasteiger partial charge in [0, 0.05) is 5.56 Å². The molecule has 4 rings (SSSR count). The van der Waals surface area contributed by atoms with Crippen LogP contribution in [0.4, 0.5) is 5.69 Å². The Balaban J connectivity index is 1.62. The summed E-state index contributed by atoms with van der Waals surface area (Å²) in [6, 6.07) is 18.0. The fraction of sp³-hybridized carbons (Fsp3) is 0.192. The van der Waals surface area contributed by atoms with Crippen molar-refractivity contribution < 1.29 is 14.4 Å². The highest BCUT2D eigenvalue weighted by Crippen LogP contribution is 2.32. The molecule has 3 aromatic rings. The number of rotatable bonds is 4. The first-order valence-electron chi connectivity index (χ1n) is 10.2. The van der Waals surface area contributed by atoms with Crippen LogP contribution in [-0.2, 0) is 0 Å². The number of hydrogen-bond acceptors (Lipinski definition) is 3. The Bertz CT molecular complexity index is 1230. The van der Waals surface area contributed by atoms with Crippen LogP contribution in [-0.4, -0.2) is 17.7 Å². The van der Waals surface area contributed by atoms with Gasteiger partial charge in [-0.05, 0) is 74.2 Å². The monoisotopic (exact) mass is 412 g/mol. The number of anilines is 1. The molecule has 1 N–H and O–H groups in total. The lowest BCUT2D eigenvalue weighted by Crippen LogP contribution is -2.30. The smallest absolute Gasteiger partial charge is 0.266 e. The summed E-state index contributed by atoms with van der Waals surface area (Å²) in [5.41, 5.74) is 5.41. The molecule has 0 saturated carbocycles. The van der Waals surface area contributed by atoms with Crippen molar-refractivity contribution in [1.29, 1.82) is 0 Å². The highest BCUT2D eigenvalue weighted by Gasteiger charge is 2.37. The van der Waals surface area contributed by atoms with Crippen LogP contribution in [0.15, 0.2) is 60.7 Å². The maximum atomic E-state index is 13.1. The minimum atomic E-state index is -0.407. The number of fused-ring (bicyclic) bond motifs is 1. The number of nitrogens with one attached hydrogen (secondary N) is 1. The molecule has 1 aliphatic rings. The molecule has 0 aliphatic carbocycles. The summed E-state index contributed by atoms with van der Waals surface area (Å²) < 4.78 is 0. The number of hydrogen-bond donors (Lipinski definition) is 1. The third-order valence-corrected chi connectivity index (χ3v) is 5.76. The highest BCUT2D eigenvalue weighted by atomic mass is 16.2. The number of carbonyl (C=O) groups is 3. The van der Waals surface area contributed by atoms with Crippen LogP contribution in [0.2, 0.25) is 0 Å². The van der Waals surface area contributed by atoms with E-state index in [9.17, 15) is 14.4 Å². The molecule has 3 amide bonds. The van der Waals surface area contributed by atoms with Crippen LogP contribution >= 0.6 is 0 Å². The van der Waals surface area contributed by atoms with Gasteiger partial charge in [0.2, 0.25) is 0 Å². The molecular weight excluding hydrogens is 388 g/mol. The summed E-state index contributed by atoms with van der Waals surface area (Å²) in [4.78, 5) is 40.1. The van der Waals surface area contributed by atoms with Gasteiger partial charge in [0.1, 0.15) is 0 Å². The summed E-state index contributed by atoms with van der Waals surface area (Å²) in [5.74, 6) is -1.06. The third kappa shape index (κ3) is 3.63. The van der Waals surface area contributed by atoms with Gasteiger partial charge in [0.05, 0.1) is 22.9 Å². The predicted octanol–water partition coefficient (Wildman–Crippen LogP) is 4.90. The number of aryl methyl sites for hydroxylation is 3. The van der Waals surface area contributed by atoms with Crippen LogP contribution < -0.4 is 10.2 Å². The molecule has 1 atom stereocenters. The van der Waals surface area contributed by atoms with Crippen molar-refractivity contribution in [3.8, 4) is 0 Å². The first-order chi connectivity index (χ1) is 14.8. The molecule has 156 valence electrons. The second-order valence-electron chi connectivity index (χ2n) is 8.05. The number of amides is 3. The fourth-order valence-corrected chi connectivity index (χ4v) is 3.99. The summed E-state index contributed by atoms with van der Waals surface area (Å²) in [7, 11) is 0. The molecule has 0 fully saturated rings. The van der Waals surface area contributed by atoms with E-state index >= 15 is 0 Å². The Labute approximate surface area is 181 Å². The quantitative estimate of drug-likeness (QED) is 0.620. The first kappa shape index (κ1) is 20.5. The average Bonchev–Trinajstić information content (AvgIpc) is 2.99. The van der Waals surface area contributed by atoms with Gasteiger partial charge in [0.25, 0.3) is 17.7 Å². The molecule has 0 spiro atoms. The SMILES string of the molecule is Cc1ccc(C)c(N2C(=O)c3ccc(C(=O)NC(C)c4ccccc4C)cc3C2=O)c1. The molecule has 1 aliphatic heterocycles. The number of nitrogens with zero attached hydrogens (tertiary/aromatic N) is 1. The second kappa shape index (κ2) is 7.84. The largest absolute Gasteiger partial charge is 0.346 e. The van der Waals surface area contributed by atoms with E-state index in [1.165, 1.54) is 11.0 Å². The van der Waals surface area contributed by atoms with Crippen molar-refractivity contribution in [2.45, 2.75) is 33.7 Å². The molecule has 0 aromatic heterocycles. The van der Waals surface area contributed by atoms with Gasteiger partial charge < -0.3 is 5.32 Å². The summed E-state index contributed by atoms with van der Waals surface area (Å²) >= 11 is 0. The highest BCUT2D eigenvalue weighted by molar-refractivity contribution is 6.35. The standard InChI is InChI=1S/C26H24N2O3/c1-15-9-10-17(3)23(13-15)28-25(30)21-12-11-19(14-22(21)26(28)31)24(29)27-18(4)20-8-6-5-7-16(20)2/h5-14,18H,1-4H3,(H,27,29). The van der Waals surface area contributed by atoms with E-state index in [0.717, 1.165) is 22.3 Å². The third-order valence-electron chi connectivity index (χ3n) is 5.76. The molecule has 0 radical (unpaired) electrons. The Kier molecular flexibility index (Phi) is 5.19. The van der Waals surface area contributed by atoms with E-state index in [4.69, 9.17) is 0 Å². The Hall–Kier alpha value is -3.73. The lowest BCUT2D eigenvalue weighted by Gasteiger charge is -2.17. The second-order valence-corrected chi connectivity index (χ2v) is 8.05. The van der Waals surface area contributed by atoms with Crippen molar-refractivity contribution in [2.24, 2.45) is 0 Å². The van der Waals surface area contributed by atoms with Crippen molar-refractivity contribution in [2.75, 3.05) is 4.90 Å². The van der Waals surface area contributed by atoms with Gasteiger partial charge in [-0.2, -0.15) is 0 Å². The normalized spacial score (nSPS) is 13.9. The molecular formula is C26H24N2O3. The van der Waals surface area contributed by atoms with Gasteiger partial charge in [-0.25, -0.2) is 4.90 Å². The molecule has 1 heterocycles. The zero-order valence-corrected chi connectivity index (χ0v) is 18.0. The van der Waals surface area contributed by atoms with Crippen LogP contribution in [0.1, 0.15) is 66.3 Å². The van der Waals surface area contributed by atoms with Gasteiger partial charge in [-0.1, -0.05) is 36.4 Å². The summed E-state index contributed by atoms with van der Waals surface area (Å²) in [5, 5.41) is 2.98. The maximum absolute atomic E-state index is 13.1. The topological polar surface area (TPSA) is 66.5 Å². The van der Waals surface area contributed by atoms with E-state index < -0.39 is 5.91 Å². The zero-order chi connectivity index (χ0) is 22.3. The lowest BCUT2D eigenvalue weighted by atomic mass is 10.0. The van der Waals surface area contributed by atoms with Crippen LogP contribution in [0, 0.1) is 20.8 Å². The number of carbonyl (C=O) groups excluding carboxylic acids is 3. The van der Waals surface area contributed by atoms with E-state index in [1.54, 1.807) is 12.1 Å². The molecule has 3 aromatic carbocycles. The maximum Gasteiger partial charge on any atom is 0.266 e. The van der Waals surface area contributed by atoms with Crippen LogP contribution in [0.3, 0.4) is 0 Å². The zero-order valence-electron chi connectivity index (χ0n) is 18.0. The van der Waals surface area contributed by atoms with Gasteiger partial charge in [0.15, 0.2) is 0 Å². The fourth-order valence-electron chi connectivity index (χ4n) is 3.99. The Morgan fingerprint density at radius 3 is 2.29 bits per heavy atom. The molecule has 0 saturated heterocycles. The molecule has 31 heavy (non-hydrogen) atoms. The molecule has 0 bridgehead atoms. The summed E-state index contributed by atoms with van der Waals surface area (Å²) in [6.45, 7) is 7.70. The summed E-state index contributed by atoms with van der Waals surface area (Å²) in [6.07, 6.45) is 0. The van der Waals surface area contributed by atoms with Crippen LogP contribution in [0.5, 0.6) is 0 Å². The van der Waals surface area contributed by atoms with Gasteiger partial charge in [-0.15, -0.1) is 0 Å². The number of imide groups is 1. The van der Waals surface area contributed by atoms with E-state index in [0.29, 0.717) is 16.8 Å². The van der Waals surface area contributed by atoms with E-state index in [1.807, 2.05) is 70.2 Å². The number of benzene rings is 3. The van der Waals surface area contributed by atoms with Crippen molar-refractivity contribution in [3.05, 3.63) is 99.6 Å². The van der Waals surface area contributed by atoms with Gasteiger partial charge >= 0.3 is 0 Å². The van der Waals surface area contributed by atoms with Crippen molar-refractivity contribution in [3.63, 3.8) is 0 Å².